The Morgan fingerprint density at radius 1 is 1.42 bits per heavy atom. The number of thiophene rings is 1. The molecule has 5 heteroatoms. The highest BCUT2D eigenvalue weighted by Gasteiger charge is 2.23. The van der Waals surface area contributed by atoms with Gasteiger partial charge in [0.05, 0.1) is 10.6 Å². The van der Waals surface area contributed by atoms with Gasteiger partial charge >= 0.3 is 0 Å². The fourth-order valence-electron chi connectivity index (χ4n) is 2.42. The van der Waals surface area contributed by atoms with Crippen LogP contribution in [0.3, 0.4) is 0 Å². The van der Waals surface area contributed by atoms with E-state index < -0.39 is 0 Å². The zero-order chi connectivity index (χ0) is 13.2. The first kappa shape index (κ1) is 13.2. The van der Waals surface area contributed by atoms with Crippen molar-refractivity contribution in [2.45, 2.75) is 32.5 Å². The van der Waals surface area contributed by atoms with Crippen molar-refractivity contribution < 1.29 is 0 Å². The van der Waals surface area contributed by atoms with Crippen LogP contribution in [-0.2, 0) is 6.54 Å². The minimum atomic E-state index is 0.576. The lowest BCUT2D eigenvalue weighted by Gasteiger charge is -2.37. The van der Waals surface area contributed by atoms with Crippen LogP contribution in [0, 0.1) is 0 Å². The molecule has 2 atom stereocenters. The number of hydrogen-bond acceptors (Lipinski definition) is 5. The monoisotopic (exact) mass is 293 g/mol. The minimum Gasteiger partial charge on any atom is -0.311 e. The normalized spacial score (nSPS) is 24.7. The highest BCUT2D eigenvalue weighted by molar-refractivity contribution is 7.20. The SMILES string of the molecule is CC1CN(Cc2csc(-c3cccs3)n2)C(C)CN1. The first-order valence-corrected chi connectivity index (χ1v) is 8.44. The zero-order valence-corrected chi connectivity index (χ0v) is 12.9. The number of nitrogens with one attached hydrogen (secondary N) is 1. The van der Waals surface area contributed by atoms with E-state index in [1.165, 1.54) is 10.6 Å². The molecule has 2 aromatic heterocycles. The molecule has 3 rings (SSSR count). The molecule has 0 saturated carbocycles. The van der Waals surface area contributed by atoms with Crippen molar-refractivity contribution in [2.24, 2.45) is 0 Å². The summed E-state index contributed by atoms with van der Waals surface area (Å²) in [7, 11) is 0. The summed E-state index contributed by atoms with van der Waals surface area (Å²) in [5, 5.41) is 8.98. The second-order valence-electron chi connectivity index (χ2n) is 5.21. The molecular weight excluding hydrogens is 274 g/mol. The second-order valence-corrected chi connectivity index (χ2v) is 7.01. The average molecular weight is 293 g/mol. The standard InChI is InChI=1S/C14H19N3S2/c1-10-7-17(11(2)6-15-10)8-12-9-19-14(16-12)13-4-3-5-18-13/h3-5,9-11,15H,6-8H2,1-2H3. The van der Waals surface area contributed by atoms with Gasteiger partial charge in [-0.3, -0.25) is 4.90 Å². The fraction of sp³-hybridized carbons (Fsp3) is 0.500. The van der Waals surface area contributed by atoms with Crippen LogP contribution in [0.15, 0.2) is 22.9 Å². The van der Waals surface area contributed by atoms with Crippen LogP contribution in [0.25, 0.3) is 9.88 Å². The van der Waals surface area contributed by atoms with E-state index in [2.05, 4.69) is 47.0 Å². The van der Waals surface area contributed by atoms with Crippen molar-refractivity contribution in [3.05, 3.63) is 28.6 Å². The Morgan fingerprint density at radius 3 is 3.11 bits per heavy atom. The van der Waals surface area contributed by atoms with Crippen molar-refractivity contribution >= 4 is 22.7 Å². The van der Waals surface area contributed by atoms with Crippen molar-refractivity contribution in [1.82, 2.24) is 15.2 Å². The number of thiazole rings is 1. The fourth-order valence-corrected chi connectivity index (χ4v) is 4.04. The number of hydrogen-bond donors (Lipinski definition) is 1. The van der Waals surface area contributed by atoms with Gasteiger partial charge in [0, 0.05) is 37.1 Å². The van der Waals surface area contributed by atoms with E-state index in [0.717, 1.165) is 24.6 Å². The third-order valence-electron chi connectivity index (χ3n) is 3.54. The number of aromatic nitrogens is 1. The lowest BCUT2D eigenvalue weighted by Crippen LogP contribution is -2.53. The van der Waals surface area contributed by atoms with Crippen molar-refractivity contribution in [3.63, 3.8) is 0 Å². The number of nitrogens with zero attached hydrogens (tertiary/aromatic N) is 2. The summed E-state index contributed by atoms with van der Waals surface area (Å²) < 4.78 is 0. The topological polar surface area (TPSA) is 28.2 Å². The van der Waals surface area contributed by atoms with Crippen LogP contribution >= 0.6 is 22.7 Å². The Balaban J connectivity index is 1.70. The van der Waals surface area contributed by atoms with Gasteiger partial charge < -0.3 is 5.32 Å². The van der Waals surface area contributed by atoms with E-state index >= 15 is 0 Å². The maximum absolute atomic E-state index is 4.77. The molecule has 2 aromatic rings. The van der Waals surface area contributed by atoms with E-state index in [9.17, 15) is 0 Å². The summed E-state index contributed by atoms with van der Waals surface area (Å²) >= 11 is 3.52. The first-order valence-electron chi connectivity index (χ1n) is 6.68. The van der Waals surface area contributed by atoms with E-state index in [4.69, 9.17) is 4.98 Å². The molecule has 1 fully saturated rings. The Hall–Kier alpha value is -0.750. The molecule has 1 N–H and O–H groups in total. The molecule has 0 spiro atoms. The smallest absolute Gasteiger partial charge is 0.133 e. The molecule has 1 aliphatic heterocycles. The van der Waals surface area contributed by atoms with Gasteiger partial charge in [-0.25, -0.2) is 4.98 Å². The summed E-state index contributed by atoms with van der Waals surface area (Å²) in [5.41, 5.74) is 1.20. The summed E-state index contributed by atoms with van der Waals surface area (Å²) in [6, 6.07) is 5.39. The van der Waals surface area contributed by atoms with Crippen molar-refractivity contribution in [2.75, 3.05) is 13.1 Å². The van der Waals surface area contributed by atoms with E-state index in [1.54, 1.807) is 22.7 Å². The van der Waals surface area contributed by atoms with E-state index in [1.807, 2.05) is 0 Å². The number of piperazine rings is 1. The van der Waals surface area contributed by atoms with E-state index in [0.29, 0.717) is 12.1 Å². The lowest BCUT2D eigenvalue weighted by molar-refractivity contribution is 0.137. The molecule has 0 amide bonds. The molecule has 2 unspecified atom stereocenters. The quantitative estimate of drug-likeness (QED) is 0.943. The van der Waals surface area contributed by atoms with Gasteiger partial charge in [-0.1, -0.05) is 6.07 Å². The van der Waals surface area contributed by atoms with Crippen LogP contribution in [0.1, 0.15) is 19.5 Å². The van der Waals surface area contributed by atoms with Crippen LogP contribution in [0.4, 0.5) is 0 Å². The molecule has 1 aliphatic rings. The van der Waals surface area contributed by atoms with Gasteiger partial charge in [0.2, 0.25) is 0 Å². The van der Waals surface area contributed by atoms with Crippen LogP contribution < -0.4 is 5.32 Å². The summed E-state index contributed by atoms with van der Waals surface area (Å²) in [6.45, 7) is 7.67. The second kappa shape index (κ2) is 5.71. The Bertz CT molecular complexity index is 521. The molecule has 102 valence electrons. The van der Waals surface area contributed by atoms with Crippen LogP contribution in [0.5, 0.6) is 0 Å². The molecule has 0 bridgehead atoms. The Kier molecular flexibility index (Phi) is 3.98. The first-order chi connectivity index (χ1) is 9.22. The van der Waals surface area contributed by atoms with Gasteiger partial charge in [0.25, 0.3) is 0 Å². The predicted molar refractivity (Wildman–Crippen MR) is 82.8 cm³/mol. The average Bonchev–Trinajstić information content (AvgIpc) is 3.04. The largest absolute Gasteiger partial charge is 0.311 e. The van der Waals surface area contributed by atoms with Gasteiger partial charge in [-0.15, -0.1) is 22.7 Å². The van der Waals surface area contributed by atoms with Gasteiger partial charge in [0.15, 0.2) is 0 Å². The molecular formula is C14H19N3S2. The highest BCUT2D eigenvalue weighted by atomic mass is 32.1. The molecule has 0 aromatic carbocycles. The minimum absolute atomic E-state index is 0.576. The van der Waals surface area contributed by atoms with E-state index in [-0.39, 0.29) is 0 Å². The molecule has 0 radical (unpaired) electrons. The van der Waals surface area contributed by atoms with Crippen LogP contribution in [0.2, 0.25) is 0 Å². The summed E-state index contributed by atoms with van der Waals surface area (Å²) in [4.78, 5) is 8.57. The van der Waals surface area contributed by atoms with Crippen molar-refractivity contribution in [1.29, 1.82) is 0 Å². The van der Waals surface area contributed by atoms with Gasteiger partial charge in [-0.2, -0.15) is 0 Å². The van der Waals surface area contributed by atoms with Gasteiger partial charge in [0.1, 0.15) is 5.01 Å². The van der Waals surface area contributed by atoms with Crippen LogP contribution in [-0.4, -0.2) is 35.1 Å². The highest BCUT2D eigenvalue weighted by Crippen LogP contribution is 2.28. The van der Waals surface area contributed by atoms with Crippen molar-refractivity contribution in [3.8, 4) is 9.88 Å². The maximum atomic E-state index is 4.77. The predicted octanol–water partition coefficient (Wildman–Crippen LogP) is 3.05. The summed E-state index contributed by atoms with van der Waals surface area (Å²) in [6.07, 6.45) is 0. The van der Waals surface area contributed by atoms with Gasteiger partial charge in [-0.05, 0) is 25.3 Å². The third kappa shape index (κ3) is 3.05. The third-order valence-corrected chi connectivity index (χ3v) is 5.47. The summed E-state index contributed by atoms with van der Waals surface area (Å²) in [5.74, 6) is 0. The maximum Gasteiger partial charge on any atom is 0.133 e. The molecule has 3 nitrogen and oxygen atoms in total. The molecule has 0 aliphatic carbocycles. The molecule has 19 heavy (non-hydrogen) atoms. The Morgan fingerprint density at radius 2 is 2.32 bits per heavy atom. The molecule has 3 heterocycles. The number of rotatable bonds is 3. The lowest BCUT2D eigenvalue weighted by atomic mass is 10.1. The zero-order valence-electron chi connectivity index (χ0n) is 11.3. The Labute approximate surface area is 122 Å². The molecule has 1 saturated heterocycles.